The van der Waals surface area contributed by atoms with Gasteiger partial charge in [0.1, 0.15) is 0 Å². The normalized spacial score (nSPS) is 22.0. The fourth-order valence-corrected chi connectivity index (χ4v) is 5.18. The highest BCUT2D eigenvalue weighted by Gasteiger charge is 2.38. The highest BCUT2D eigenvalue weighted by atomic mass is 15.1. The fraction of sp³-hybridized carbons (Fsp3) is 0.462. The van der Waals surface area contributed by atoms with Crippen LogP contribution in [0.5, 0.6) is 0 Å². The van der Waals surface area contributed by atoms with Gasteiger partial charge < -0.3 is 15.1 Å². The zero-order chi connectivity index (χ0) is 20.4. The van der Waals surface area contributed by atoms with Crippen molar-refractivity contribution in [3.8, 4) is 0 Å². The highest BCUT2D eigenvalue weighted by molar-refractivity contribution is 5.66. The molecular weight excluding hydrogens is 354 g/mol. The fourth-order valence-electron chi connectivity index (χ4n) is 5.18. The van der Waals surface area contributed by atoms with Gasteiger partial charge in [-0.3, -0.25) is 0 Å². The number of rotatable bonds is 7. The van der Waals surface area contributed by atoms with Crippen LogP contribution in [0.3, 0.4) is 0 Å². The zero-order valence-corrected chi connectivity index (χ0v) is 18.4. The Labute approximate surface area is 176 Å². The smallest absolute Gasteiger partial charge is 0.0553 e. The van der Waals surface area contributed by atoms with Crippen LogP contribution in [0.2, 0.25) is 0 Å². The van der Waals surface area contributed by atoms with Gasteiger partial charge in [0.05, 0.1) is 6.04 Å². The Bertz CT molecular complexity index is 847. The van der Waals surface area contributed by atoms with E-state index in [2.05, 4.69) is 97.4 Å². The van der Waals surface area contributed by atoms with E-state index in [1.807, 2.05) is 0 Å². The first-order valence-electron chi connectivity index (χ1n) is 11.4. The zero-order valence-electron chi connectivity index (χ0n) is 18.4. The summed E-state index contributed by atoms with van der Waals surface area (Å²) in [6.45, 7) is 13.1. The number of allylic oxidation sites excluding steroid dienone is 2. The van der Waals surface area contributed by atoms with Gasteiger partial charge in [0, 0.05) is 49.2 Å². The molecule has 2 aromatic carbocycles. The van der Waals surface area contributed by atoms with E-state index in [0.717, 1.165) is 32.6 Å². The van der Waals surface area contributed by atoms with Gasteiger partial charge in [-0.2, -0.15) is 0 Å². The number of hydrogen-bond acceptors (Lipinski definition) is 3. The second-order valence-corrected chi connectivity index (χ2v) is 8.18. The van der Waals surface area contributed by atoms with Crippen LogP contribution in [0.15, 0.2) is 54.6 Å². The molecular formula is C26H35N3. The number of nitrogens with one attached hydrogen (secondary N) is 1. The van der Waals surface area contributed by atoms with Gasteiger partial charge in [-0.15, -0.1) is 0 Å². The molecule has 3 atom stereocenters. The van der Waals surface area contributed by atoms with Gasteiger partial charge in [0.2, 0.25) is 0 Å². The van der Waals surface area contributed by atoms with Gasteiger partial charge in [0.25, 0.3) is 0 Å². The first-order chi connectivity index (χ1) is 14.2. The van der Waals surface area contributed by atoms with Crippen molar-refractivity contribution >= 4 is 17.1 Å². The molecule has 3 heteroatoms. The van der Waals surface area contributed by atoms with E-state index < -0.39 is 0 Å². The van der Waals surface area contributed by atoms with Crippen LogP contribution in [-0.4, -0.2) is 26.2 Å². The molecule has 2 aromatic rings. The Morgan fingerprint density at radius 2 is 1.45 bits per heavy atom. The quantitative estimate of drug-likeness (QED) is 0.568. The van der Waals surface area contributed by atoms with Crippen LogP contribution in [-0.2, 0) is 0 Å². The predicted molar refractivity (Wildman–Crippen MR) is 126 cm³/mol. The van der Waals surface area contributed by atoms with Crippen LogP contribution in [0.1, 0.15) is 57.2 Å². The standard InChI is InChI=1S/C26H35N3/c1-5-28(6-2)20-14-12-19(13-15-20)26-23-11-9-10-22(23)24-18-21(29(7-3)8-4)16-17-25(24)27-26/h9-10,12-18,22-23,26-27H,5-8,11H2,1-4H3. The first kappa shape index (κ1) is 19.9. The number of fused-ring (bicyclic) bond motifs is 3. The molecule has 0 fully saturated rings. The van der Waals surface area contributed by atoms with E-state index in [4.69, 9.17) is 0 Å². The Morgan fingerprint density at radius 1 is 0.828 bits per heavy atom. The Morgan fingerprint density at radius 3 is 2.10 bits per heavy atom. The molecule has 154 valence electrons. The summed E-state index contributed by atoms with van der Waals surface area (Å²) in [5, 5.41) is 3.89. The molecule has 1 aliphatic carbocycles. The topological polar surface area (TPSA) is 18.5 Å². The molecule has 0 saturated heterocycles. The number of benzene rings is 2. The molecule has 0 amide bonds. The lowest BCUT2D eigenvalue weighted by molar-refractivity contribution is 0.425. The van der Waals surface area contributed by atoms with Crippen molar-refractivity contribution in [3.05, 3.63) is 65.7 Å². The van der Waals surface area contributed by atoms with Gasteiger partial charge in [-0.05, 0) is 81.5 Å². The summed E-state index contributed by atoms with van der Waals surface area (Å²) in [6.07, 6.45) is 5.97. The van der Waals surface area contributed by atoms with Crippen molar-refractivity contribution in [3.63, 3.8) is 0 Å². The SMILES string of the molecule is CCN(CC)c1ccc(C2Nc3ccc(N(CC)CC)cc3C3C=CCC32)cc1. The molecule has 3 unspecified atom stereocenters. The predicted octanol–water partition coefficient (Wildman–Crippen LogP) is 6.21. The van der Waals surface area contributed by atoms with Gasteiger partial charge in [0.15, 0.2) is 0 Å². The molecule has 1 N–H and O–H groups in total. The maximum absolute atomic E-state index is 3.89. The maximum Gasteiger partial charge on any atom is 0.0553 e. The van der Waals surface area contributed by atoms with Crippen molar-refractivity contribution in [2.75, 3.05) is 41.3 Å². The molecule has 4 rings (SSSR count). The van der Waals surface area contributed by atoms with E-state index >= 15 is 0 Å². The number of nitrogens with zero attached hydrogens (tertiary/aromatic N) is 2. The third-order valence-electron chi connectivity index (χ3n) is 6.86. The average molecular weight is 390 g/mol. The van der Waals surface area contributed by atoms with Crippen molar-refractivity contribution in [1.29, 1.82) is 0 Å². The molecule has 29 heavy (non-hydrogen) atoms. The minimum absolute atomic E-state index is 0.368. The van der Waals surface area contributed by atoms with Crippen molar-refractivity contribution in [2.45, 2.75) is 46.1 Å². The Balaban J connectivity index is 1.64. The number of anilines is 3. The van der Waals surface area contributed by atoms with E-state index in [-0.39, 0.29) is 0 Å². The largest absolute Gasteiger partial charge is 0.378 e. The third-order valence-corrected chi connectivity index (χ3v) is 6.86. The van der Waals surface area contributed by atoms with Crippen molar-refractivity contribution in [2.24, 2.45) is 5.92 Å². The lowest BCUT2D eigenvalue weighted by Gasteiger charge is -2.38. The summed E-state index contributed by atoms with van der Waals surface area (Å²) in [6, 6.07) is 16.6. The molecule has 1 heterocycles. The summed E-state index contributed by atoms with van der Waals surface area (Å²) in [5.74, 6) is 1.10. The van der Waals surface area contributed by atoms with Crippen LogP contribution in [0, 0.1) is 5.92 Å². The van der Waals surface area contributed by atoms with Crippen molar-refractivity contribution < 1.29 is 0 Å². The lowest BCUT2D eigenvalue weighted by atomic mass is 9.77. The van der Waals surface area contributed by atoms with E-state index in [1.54, 1.807) is 0 Å². The monoisotopic (exact) mass is 389 g/mol. The summed E-state index contributed by atoms with van der Waals surface area (Å²) < 4.78 is 0. The summed E-state index contributed by atoms with van der Waals surface area (Å²) >= 11 is 0. The van der Waals surface area contributed by atoms with Gasteiger partial charge in [-0.1, -0.05) is 24.3 Å². The molecule has 0 saturated carbocycles. The average Bonchev–Trinajstić information content (AvgIpc) is 3.26. The second-order valence-electron chi connectivity index (χ2n) is 8.18. The van der Waals surface area contributed by atoms with Gasteiger partial charge in [-0.25, -0.2) is 0 Å². The molecule has 0 bridgehead atoms. The molecule has 2 aliphatic rings. The molecule has 0 aromatic heterocycles. The van der Waals surface area contributed by atoms with E-state index in [1.165, 1.54) is 28.2 Å². The minimum Gasteiger partial charge on any atom is -0.378 e. The number of hydrogen-bond donors (Lipinski definition) is 1. The highest BCUT2D eigenvalue weighted by Crippen LogP contribution is 2.50. The molecule has 0 radical (unpaired) electrons. The maximum atomic E-state index is 3.89. The minimum atomic E-state index is 0.368. The summed E-state index contributed by atoms with van der Waals surface area (Å²) in [7, 11) is 0. The summed E-state index contributed by atoms with van der Waals surface area (Å²) in [4.78, 5) is 4.84. The van der Waals surface area contributed by atoms with E-state index in [9.17, 15) is 0 Å². The van der Waals surface area contributed by atoms with Crippen molar-refractivity contribution in [1.82, 2.24) is 0 Å². The Hall–Kier alpha value is -2.42. The first-order valence-corrected chi connectivity index (χ1v) is 11.4. The molecule has 3 nitrogen and oxygen atoms in total. The molecule has 1 aliphatic heterocycles. The van der Waals surface area contributed by atoms with Crippen LogP contribution >= 0.6 is 0 Å². The Kier molecular flexibility index (Phi) is 5.84. The van der Waals surface area contributed by atoms with E-state index in [0.29, 0.717) is 17.9 Å². The summed E-state index contributed by atoms with van der Waals surface area (Å²) in [5.41, 5.74) is 6.82. The van der Waals surface area contributed by atoms with Crippen LogP contribution in [0.25, 0.3) is 0 Å². The third kappa shape index (κ3) is 3.63. The lowest BCUT2D eigenvalue weighted by Crippen LogP contribution is -2.30. The van der Waals surface area contributed by atoms with Crippen LogP contribution < -0.4 is 15.1 Å². The molecule has 0 spiro atoms. The van der Waals surface area contributed by atoms with Gasteiger partial charge >= 0.3 is 0 Å². The second kappa shape index (κ2) is 8.52. The van der Waals surface area contributed by atoms with Crippen LogP contribution in [0.4, 0.5) is 17.1 Å².